The molecule has 1 aromatic carbocycles. The number of rotatable bonds is 3. The summed E-state index contributed by atoms with van der Waals surface area (Å²) >= 11 is 0. The van der Waals surface area contributed by atoms with Crippen LogP contribution >= 0.6 is 0 Å². The summed E-state index contributed by atoms with van der Waals surface area (Å²) in [7, 11) is 0. The zero-order chi connectivity index (χ0) is 21.4. The largest absolute Gasteiger partial charge is 0.486 e. The highest BCUT2D eigenvalue weighted by molar-refractivity contribution is 6.07. The molecule has 1 N–H and O–H groups in total. The molecule has 1 atom stereocenters. The number of aryl methyl sites for hydroxylation is 1. The molecule has 0 unspecified atom stereocenters. The van der Waals surface area contributed by atoms with Gasteiger partial charge in [-0.1, -0.05) is 6.92 Å². The van der Waals surface area contributed by atoms with Crippen LogP contribution < -0.4 is 14.8 Å². The first-order valence-electron chi connectivity index (χ1n) is 10.8. The molecule has 7 heteroatoms. The lowest BCUT2D eigenvalue weighted by molar-refractivity contribution is 0.0684. The second-order valence-corrected chi connectivity index (χ2v) is 8.35. The van der Waals surface area contributed by atoms with Crippen molar-refractivity contribution in [3.63, 3.8) is 0 Å². The highest BCUT2D eigenvalue weighted by Crippen LogP contribution is 2.36. The lowest BCUT2D eigenvalue weighted by atomic mass is 9.99. The molecular weight excluding hydrogens is 392 g/mol. The van der Waals surface area contributed by atoms with Crippen LogP contribution in [0.3, 0.4) is 0 Å². The highest BCUT2D eigenvalue weighted by Gasteiger charge is 2.26. The minimum atomic E-state index is 0.00145. The van der Waals surface area contributed by atoms with E-state index in [4.69, 9.17) is 9.47 Å². The molecule has 0 bridgehead atoms. The maximum Gasteiger partial charge on any atom is 0.257 e. The van der Waals surface area contributed by atoms with Crippen LogP contribution in [0.25, 0.3) is 11.0 Å². The first-order valence-corrected chi connectivity index (χ1v) is 10.8. The van der Waals surface area contributed by atoms with Crippen LogP contribution in [-0.2, 0) is 0 Å². The molecule has 1 fully saturated rings. The molecule has 2 aliphatic heterocycles. The molecule has 1 amide bonds. The predicted octanol–water partition coefficient (Wildman–Crippen LogP) is 4.33. The fraction of sp³-hybridized carbons (Fsp3) is 0.375. The van der Waals surface area contributed by atoms with Crippen LogP contribution in [0, 0.1) is 12.8 Å². The summed E-state index contributed by atoms with van der Waals surface area (Å²) in [6.45, 7) is 6.74. The summed E-state index contributed by atoms with van der Waals surface area (Å²) in [6, 6.07) is 9.63. The third-order valence-corrected chi connectivity index (χ3v) is 5.86. The Morgan fingerprint density at radius 1 is 1.16 bits per heavy atom. The van der Waals surface area contributed by atoms with Gasteiger partial charge in [0.15, 0.2) is 17.1 Å². The highest BCUT2D eigenvalue weighted by atomic mass is 16.6. The van der Waals surface area contributed by atoms with Crippen molar-refractivity contribution in [3.8, 4) is 11.5 Å². The van der Waals surface area contributed by atoms with Crippen molar-refractivity contribution in [2.45, 2.75) is 26.7 Å². The standard InChI is InChI=1S/C24H26N4O3/c1-15-4-3-9-28(14-15)24(29)19-13-25-23-18(7-5-16(2)26-23)22(19)27-17-6-8-20-21(12-17)31-11-10-30-20/h5-8,12-13,15H,3-4,9-11,14H2,1-2H3,(H,25,26,27)/t15-/m0/s1. The van der Waals surface area contributed by atoms with Crippen LogP contribution in [-0.4, -0.2) is 47.1 Å². The van der Waals surface area contributed by atoms with E-state index in [0.29, 0.717) is 36.1 Å². The molecule has 4 heterocycles. The Balaban J connectivity index is 1.57. The number of benzene rings is 1. The number of piperidine rings is 1. The normalized spacial score (nSPS) is 18.1. The van der Waals surface area contributed by atoms with E-state index in [9.17, 15) is 4.79 Å². The van der Waals surface area contributed by atoms with E-state index in [2.05, 4.69) is 22.2 Å². The third-order valence-electron chi connectivity index (χ3n) is 5.86. The van der Waals surface area contributed by atoms with Crippen LogP contribution in [0.5, 0.6) is 11.5 Å². The molecular formula is C24H26N4O3. The van der Waals surface area contributed by atoms with Crippen LogP contribution in [0.15, 0.2) is 36.5 Å². The van der Waals surface area contributed by atoms with Gasteiger partial charge in [0.25, 0.3) is 5.91 Å². The molecule has 2 aromatic heterocycles. The number of likely N-dealkylation sites (tertiary alicyclic amines) is 1. The number of fused-ring (bicyclic) bond motifs is 2. The van der Waals surface area contributed by atoms with Crippen molar-refractivity contribution in [1.82, 2.24) is 14.9 Å². The number of carbonyl (C=O) groups excluding carboxylic acids is 1. The van der Waals surface area contributed by atoms with Crippen LogP contribution in [0.4, 0.5) is 11.4 Å². The van der Waals surface area contributed by atoms with E-state index in [0.717, 1.165) is 54.1 Å². The molecule has 0 aliphatic carbocycles. The average molecular weight is 418 g/mol. The van der Waals surface area contributed by atoms with Gasteiger partial charge < -0.3 is 19.7 Å². The molecule has 160 valence electrons. The number of aromatic nitrogens is 2. The fourth-order valence-electron chi connectivity index (χ4n) is 4.28. The quantitative estimate of drug-likeness (QED) is 0.682. The molecule has 0 saturated carbocycles. The van der Waals surface area contributed by atoms with Crippen molar-refractivity contribution in [2.24, 2.45) is 5.92 Å². The Hall–Kier alpha value is -3.35. The molecule has 31 heavy (non-hydrogen) atoms. The van der Waals surface area contributed by atoms with Gasteiger partial charge in [-0.25, -0.2) is 9.97 Å². The molecule has 5 rings (SSSR count). The molecule has 2 aliphatic rings. The van der Waals surface area contributed by atoms with Crippen LogP contribution in [0.1, 0.15) is 35.8 Å². The minimum absolute atomic E-state index is 0.00145. The van der Waals surface area contributed by atoms with Gasteiger partial charge in [-0.05, 0) is 49.9 Å². The van der Waals surface area contributed by atoms with E-state index in [1.54, 1.807) is 6.20 Å². The van der Waals surface area contributed by atoms with E-state index >= 15 is 0 Å². The van der Waals surface area contributed by atoms with Gasteiger partial charge in [0.05, 0.1) is 11.3 Å². The third kappa shape index (κ3) is 3.87. The number of nitrogens with one attached hydrogen (secondary N) is 1. The molecule has 7 nitrogen and oxygen atoms in total. The summed E-state index contributed by atoms with van der Waals surface area (Å²) < 4.78 is 11.4. The van der Waals surface area contributed by atoms with E-state index in [1.807, 2.05) is 42.2 Å². The summed E-state index contributed by atoms with van der Waals surface area (Å²) in [5.74, 6) is 1.93. The van der Waals surface area contributed by atoms with Gasteiger partial charge in [-0.2, -0.15) is 0 Å². The number of hydrogen-bond donors (Lipinski definition) is 1. The Kier molecular flexibility index (Phi) is 5.10. The first kappa shape index (κ1) is 19.6. The lowest BCUT2D eigenvalue weighted by Crippen LogP contribution is -2.39. The molecule has 0 spiro atoms. The maximum atomic E-state index is 13.5. The van der Waals surface area contributed by atoms with E-state index in [-0.39, 0.29) is 5.91 Å². The summed E-state index contributed by atoms with van der Waals surface area (Å²) in [6.07, 6.45) is 3.83. The van der Waals surface area contributed by atoms with Gasteiger partial charge in [-0.3, -0.25) is 4.79 Å². The van der Waals surface area contributed by atoms with Crippen LogP contribution in [0.2, 0.25) is 0 Å². The number of ether oxygens (including phenoxy) is 2. The zero-order valence-corrected chi connectivity index (χ0v) is 17.9. The first-order chi connectivity index (χ1) is 15.1. The van der Waals surface area contributed by atoms with Gasteiger partial charge in [0.2, 0.25) is 0 Å². The number of carbonyl (C=O) groups is 1. The molecule has 1 saturated heterocycles. The fourth-order valence-corrected chi connectivity index (χ4v) is 4.28. The Bertz CT molecular complexity index is 1150. The minimum Gasteiger partial charge on any atom is -0.486 e. The number of amides is 1. The summed E-state index contributed by atoms with van der Waals surface area (Å²) in [5, 5.41) is 4.27. The monoisotopic (exact) mass is 418 g/mol. The van der Waals surface area contributed by atoms with Crippen molar-refractivity contribution in [3.05, 3.63) is 47.8 Å². The molecule has 3 aromatic rings. The number of pyridine rings is 2. The van der Waals surface area contributed by atoms with Crippen molar-refractivity contribution in [1.29, 1.82) is 0 Å². The van der Waals surface area contributed by atoms with Gasteiger partial charge in [0.1, 0.15) is 13.2 Å². The van der Waals surface area contributed by atoms with E-state index < -0.39 is 0 Å². The van der Waals surface area contributed by atoms with E-state index in [1.165, 1.54) is 0 Å². The Morgan fingerprint density at radius 2 is 2.00 bits per heavy atom. The Labute approximate surface area is 181 Å². The maximum absolute atomic E-state index is 13.5. The SMILES string of the molecule is Cc1ccc2c(Nc3ccc4c(c3)OCCO4)c(C(=O)N3CCC[C@H](C)C3)cnc2n1. The number of hydrogen-bond acceptors (Lipinski definition) is 6. The topological polar surface area (TPSA) is 76.6 Å². The van der Waals surface area contributed by atoms with Gasteiger partial charge in [-0.15, -0.1) is 0 Å². The Morgan fingerprint density at radius 3 is 2.84 bits per heavy atom. The van der Waals surface area contributed by atoms with Crippen molar-refractivity contribution < 1.29 is 14.3 Å². The zero-order valence-electron chi connectivity index (χ0n) is 17.9. The summed E-state index contributed by atoms with van der Waals surface area (Å²) in [5.41, 5.74) is 3.59. The number of nitrogens with zero attached hydrogens (tertiary/aromatic N) is 3. The van der Waals surface area contributed by atoms with Crippen molar-refractivity contribution in [2.75, 3.05) is 31.6 Å². The van der Waals surface area contributed by atoms with Crippen molar-refractivity contribution >= 4 is 28.3 Å². The number of anilines is 2. The summed E-state index contributed by atoms with van der Waals surface area (Å²) in [4.78, 5) is 24.5. The smallest absolute Gasteiger partial charge is 0.257 e. The molecule has 0 radical (unpaired) electrons. The second-order valence-electron chi connectivity index (χ2n) is 8.35. The lowest BCUT2D eigenvalue weighted by Gasteiger charge is -2.31. The van der Waals surface area contributed by atoms with Gasteiger partial charge in [0, 0.05) is 42.1 Å². The second kappa shape index (κ2) is 8.06. The predicted molar refractivity (Wildman–Crippen MR) is 119 cm³/mol. The average Bonchev–Trinajstić information content (AvgIpc) is 2.78. The van der Waals surface area contributed by atoms with Gasteiger partial charge >= 0.3 is 0 Å².